The van der Waals surface area contributed by atoms with Gasteiger partial charge in [0, 0.05) is 63.9 Å². The zero-order valence-corrected chi connectivity index (χ0v) is 38.1. The van der Waals surface area contributed by atoms with Crippen molar-refractivity contribution in [1.82, 2.24) is 0 Å². The molecular formula is C50H52BFN6O8. The van der Waals surface area contributed by atoms with Crippen molar-refractivity contribution in [3.8, 4) is 0 Å². The van der Waals surface area contributed by atoms with E-state index in [1.54, 1.807) is 24.3 Å². The largest absolute Gasteiger partial charge is 0.867 e. The molecule has 4 aliphatic rings. The van der Waals surface area contributed by atoms with Crippen LogP contribution in [0.25, 0.3) is 12.2 Å². The number of ether oxygens (including phenoxy) is 2. The maximum atomic E-state index is 11.3. The summed E-state index contributed by atoms with van der Waals surface area (Å²) < 4.78 is 24.8. The number of hydrogen-bond donors (Lipinski definition) is 0. The van der Waals surface area contributed by atoms with Crippen LogP contribution in [0.5, 0.6) is 0 Å². The first-order valence-electron chi connectivity index (χ1n) is 20.4. The lowest BCUT2D eigenvalue weighted by Gasteiger charge is -2.12. The monoisotopic (exact) mass is 894 g/mol. The average Bonchev–Trinajstić information content (AvgIpc) is 3.29. The van der Waals surface area contributed by atoms with Crippen LogP contribution >= 0.6 is 0 Å². The molecule has 0 fully saturated rings. The van der Waals surface area contributed by atoms with Crippen LogP contribution in [0.1, 0.15) is 11.1 Å². The average molecular weight is 895 g/mol. The van der Waals surface area contributed by atoms with Gasteiger partial charge in [-0.25, -0.2) is 9.15 Å². The molecule has 0 unspecified atom stereocenters. The number of nitrogens with zero attached hydrogens (tertiary/aromatic N) is 6. The fourth-order valence-electron chi connectivity index (χ4n) is 5.87. The fourth-order valence-corrected chi connectivity index (χ4v) is 5.87. The molecular weight excluding hydrogens is 842 g/mol. The van der Waals surface area contributed by atoms with Gasteiger partial charge in [0.05, 0.1) is 12.2 Å². The van der Waals surface area contributed by atoms with Crippen LogP contribution in [0.15, 0.2) is 203 Å². The van der Waals surface area contributed by atoms with Crippen molar-refractivity contribution in [3.63, 3.8) is 0 Å². The molecule has 2 aliphatic heterocycles. The Morgan fingerprint density at radius 1 is 0.515 bits per heavy atom. The minimum Gasteiger partial charge on any atom is -0.867 e. The van der Waals surface area contributed by atoms with E-state index in [0.717, 1.165) is 45.1 Å². The maximum Gasteiger partial charge on any atom is 0.433 e. The summed E-state index contributed by atoms with van der Waals surface area (Å²) in [5.41, 5.74) is 9.77. The van der Waals surface area contributed by atoms with Gasteiger partial charge in [0.15, 0.2) is 11.4 Å². The zero-order valence-electron chi connectivity index (χ0n) is 38.1. The number of anilines is 2. The summed E-state index contributed by atoms with van der Waals surface area (Å²) in [6.45, 7) is 0. The normalized spacial score (nSPS) is 16.2. The van der Waals surface area contributed by atoms with Crippen molar-refractivity contribution in [2.24, 2.45) is 0 Å². The molecule has 14 nitrogen and oxygen atoms in total. The Balaban J connectivity index is 0.000000267. The van der Waals surface area contributed by atoms with E-state index >= 15 is 0 Å². The molecule has 2 aromatic rings. The summed E-state index contributed by atoms with van der Waals surface area (Å²) in [6, 6.07) is 16.1. The van der Waals surface area contributed by atoms with Crippen LogP contribution in [0.4, 0.5) is 15.7 Å². The van der Waals surface area contributed by atoms with Gasteiger partial charge in [-0.05, 0) is 106 Å². The second-order valence-electron chi connectivity index (χ2n) is 15.3. The molecule has 0 N–H and O–H groups in total. The molecule has 0 atom stereocenters. The molecule has 0 amide bonds. The molecule has 0 radical (unpaired) electrons. The van der Waals surface area contributed by atoms with Gasteiger partial charge >= 0.3 is 11.8 Å². The Kier molecular flexibility index (Phi) is 19.0. The molecule has 16 heteroatoms. The fraction of sp³-hybridized carbons (Fsp3) is 0.160. The van der Waals surface area contributed by atoms with E-state index in [0.29, 0.717) is 22.7 Å². The number of allylic oxidation sites excluding steroid dienone is 22. The molecule has 2 aromatic carbocycles. The topological polar surface area (TPSA) is 163 Å². The molecule has 0 saturated heterocycles. The van der Waals surface area contributed by atoms with E-state index < -0.39 is 17.2 Å². The van der Waals surface area contributed by atoms with Gasteiger partial charge in [0.1, 0.15) is 57.0 Å². The minimum atomic E-state index is -3.17. The van der Waals surface area contributed by atoms with Crippen molar-refractivity contribution in [1.29, 1.82) is 0 Å². The van der Waals surface area contributed by atoms with E-state index in [-0.39, 0.29) is 11.8 Å². The number of nitro groups is 2. The van der Waals surface area contributed by atoms with Crippen LogP contribution in [0, 0.1) is 20.2 Å². The van der Waals surface area contributed by atoms with Gasteiger partial charge in [0.25, 0.3) is 0 Å². The number of halogens is 1. The second-order valence-corrected chi connectivity index (χ2v) is 15.3. The summed E-state index contributed by atoms with van der Waals surface area (Å²) in [7, 11) is 12.7. The van der Waals surface area contributed by atoms with E-state index in [2.05, 4.69) is 0 Å². The van der Waals surface area contributed by atoms with Crippen LogP contribution < -0.4 is 19.8 Å². The summed E-state index contributed by atoms with van der Waals surface area (Å²) in [4.78, 5) is 25.6. The van der Waals surface area contributed by atoms with Crippen LogP contribution in [0.2, 0.25) is 0 Å². The third-order valence-electron chi connectivity index (χ3n) is 9.46. The highest BCUT2D eigenvalue weighted by Crippen LogP contribution is 2.24. The van der Waals surface area contributed by atoms with Gasteiger partial charge in [-0.3, -0.25) is 20.2 Å². The molecule has 6 rings (SSSR count). The Hall–Kier alpha value is -7.95. The molecule has 0 bridgehead atoms. The number of rotatable bonds is 10. The molecule has 2 aliphatic carbocycles. The Morgan fingerprint density at radius 2 is 0.833 bits per heavy atom. The molecule has 66 heavy (non-hydrogen) atoms. The smallest absolute Gasteiger partial charge is 0.433 e. The molecule has 0 saturated carbocycles. The number of benzene rings is 2. The van der Waals surface area contributed by atoms with Gasteiger partial charge in [-0.15, -0.1) is 0 Å². The molecule has 0 spiro atoms. The van der Waals surface area contributed by atoms with Crippen LogP contribution in [0.3, 0.4) is 0 Å². The highest BCUT2D eigenvalue weighted by Gasteiger charge is 2.20. The third-order valence-corrected chi connectivity index (χ3v) is 9.46. The Morgan fingerprint density at radius 3 is 1.11 bits per heavy atom. The first kappa shape index (κ1) is 50.7. The third kappa shape index (κ3) is 17.0. The zero-order chi connectivity index (χ0) is 48.3. The summed E-state index contributed by atoms with van der Waals surface area (Å²) in [5, 5.41) is 39.2. The Labute approximate surface area is 385 Å². The van der Waals surface area contributed by atoms with E-state index in [1.165, 1.54) is 12.2 Å². The van der Waals surface area contributed by atoms with Crippen molar-refractivity contribution in [3.05, 3.63) is 235 Å². The summed E-state index contributed by atoms with van der Waals surface area (Å²) >= 11 is 0. The highest BCUT2D eigenvalue weighted by atomic mass is 19.1. The van der Waals surface area contributed by atoms with Gasteiger partial charge in [0.2, 0.25) is 0 Å². The van der Waals surface area contributed by atoms with Crippen molar-refractivity contribution in [2.75, 3.05) is 66.2 Å². The van der Waals surface area contributed by atoms with Gasteiger partial charge < -0.3 is 33.6 Å². The van der Waals surface area contributed by atoms with E-state index in [1.807, 2.05) is 209 Å². The van der Waals surface area contributed by atoms with Crippen molar-refractivity contribution in [2.45, 2.75) is 0 Å². The lowest BCUT2D eigenvalue weighted by atomic mass is 10.1. The van der Waals surface area contributed by atoms with Gasteiger partial charge in [-0.2, -0.15) is 0 Å². The molecule has 0 aromatic heterocycles. The quantitative estimate of drug-likeness (QED) is 0.109. The van der Waals surface area contributed by atoms with Crippen LogP contribution in [-0.2, 0) is 9.47 Å². The SMILES string of the molecule is CN(C)c1ccc(/C=C/C2=CC(=CC=C3C=CC(=[N+](C)C)C=C3)OC([N+](=O)[O-])=C2)cc1.CN(C)c1ccc(/C=C/C2=CC(=CC=C3C=CC(=[N+](C)C)C=C3)OC([N+](=O)[O-])=C2)cc1.[O-]B([O-])F. The second kappa shape index (κ2) is 24.8. The predicted octanol–water partition coefficient (Wildman–Crippen LogP) is 6.64. The predicted molar refractivity (Wildman–Crippen MR) is 258 cm³/mol. The van der Waals surface area contributed by atoms with E-state index in [9.17, 15) is 24.5 Å². The van der Waals surface area contributed by atoms with Crippen LogP contribution in [-0.4, -0.2) is 94.2 Å². The van der Waals surface area contributed by atoms with Crippen molar-refractivity contribution < 1.29 is 42.8 Å². The minimum absolute atomic E-state index is 0.298. The molecule has 340 valence electrons. The number of hydrogen-bond acceptors (Lipinski definition) is 10. The summed E-state index contributed by atoms with van der Waals surface area (Å²) in [6.07, 6.45) is 37.2. The molecule has 2 heterocycles. The first-order chi connectivity index (χ1) is 31.4. The maximum absolute atomic E-state index is 11.3. The standard InChI is InChI=1S/2C25H26N3O3.BFO2/c2*1-26(2)22-12-7-19(8-13-22)5-6-21-17-24(31-25(18-21)28(29)30)16-11-20-9-14-23(15-10-20)27(3)4;2-1(3)4/h2*5-18H,1-4H3;/q2*+1;-2. The lowest BCUT2D eigenvalue weighted by Crippen LogP contribution is -2.39. The first-order valence-corrected chi connectivity index (χ1v) is 20.4. The lowest BCUT2D eigenvalue weighted by molar-refractivity contribution is -0.462. The van der Waals surface area contributed by atoms with Gasteiger partial charge in [-0.1, -0.05) is 60.7 Å². The summed E-state index contributed by atoms with van der Waals surface area (Å²) in [5.74, 6) is 0.224. The Bertz CT molecular complexity index is 2420. The highest BCUT2D eigenvalue weighted by molar-refractivity contribution is 6.27. The van der Waals surface area contributed by atoms with E-state index in [4.69, 9.17) is 19.5 Å². The van der Waals surface area contributed by atoms with Crippen molar-refractivity contribution >= 4 is 42.3 Å².